The highest BCUT2D eigenvalue weighted by Gasteiger charge is 2.02. The highest BCUT2D eigenvalue weighted by atomic mass is 16.3. The van der Waals surface area contributed by atoms with Crippen LogP contribution in [0.1, 0.15) is 11.4 Å². The van der Waals surface area contributed by atoms with E-state index in [1.807, 2.05) is 32.0 Å². The standard InChI is InChI=1S/C12H12N2O/c1-8-7-10(3-4-12(8)15)11-5-6-13-9(2)14-11/h3-7,15H,1-2H3. The number of aromatic nitrogens is 2. The molecule has 0 unspecified atom stereocenters. The van der Waals surface area contributed by atoms with Crippen molar-refractivity contribution in [2.75, 3.05) is 0 Å². The van der Waals surface area contributed by atoms with Crippen molar-refractivity contribution < 1.29 is 5.11 Å². The number of phenolic OH excluding ortho intramolecular Hbond substituents is 1. The number of hydrogen-bond donors (Lipinski definition) is 1. The van der Waals surface area contributed by atoms with Crippen LogP contribution in [0.4, 0.5) is 0 Å². The van der Waals surface area contributed by atoms with Crippen molar-refractivity contribution in [1.29, 1.82) is 0 Å². The molecule has 2 aromatic rings. The van der Waals surface area contributed by atoms with Crippen molar-refractivity contribution in [3.63, 3.8) is 0 Å². The third kappa shape index (κ3) is 1.96. The lowest BCUT2D eigenvalue weighted by Crippen LogP contribution is -1.90. The molecule has 0 amide bonds. The van der Waals surface area contributed by atoms with Crippen molar-refractivity contribution >= 4 is 0 Å². The van der Waals surface area contributed by atoms with E-state index >= 15 is 0 Å². The topological polar surface area (TPSA) is 46.0 Å². The zero-order valence-corrected chi connectivity index (χ0v) is 8.73. The molecule has 15 heavy (non-hydrogen) atoms. The third-order valence-electron chi connectivity index (χ3n) is 2.27. The summed E-state index contributed by atoms with van der Waals surface area (Å²) in [6, 6.07) is 7.31. The van der Waals surface area contributed by atoms with E-state index in [0.29, 0.717) is 5.75 Å². The van der Waals surface area contributed by atoms with Crippen LogP contribution in [0.5, 0.6) is 5.75 Å². The minimum atomic E-state index is 0.310. The fourth-order valence-corrected chi connectivity index (χ4v) is 1.43. The van der Waals surface area contributed by atoms with Gasteiger partial charge in [-0.1, -0.05) is 0 Å². The molecule has 1 heterocycles. The average molecular weight is 200 g/mol. The van der Waals surface area contributed by atoms with E-state index < -0.39 is 0 Å². The van der Waals surface area contributed by atoms with E-state index in [9.17, 15) is 5.11 Å². The van der Waals surface area contributed by atoms with Crippen molar-refractivity contribution in [3.8, 4) is 17.0 Å². The molecule has 0 fully saturated rings. The molecule has 1 aromatic heterocycles. The summed E-state index contributed by atoms with van der Waals surface area (Å²) in [7, 11) is 0. The Bertz CT molecular complexity index is 495. The molecule has 0 aliphatic rings. The van der Waals surface area contributed by atoms with Crippen LogP contribution in [0.15, 0.2) is 30.5 Å². The lowest BCUT2D eigenvalue weighted by atomic mass is 10.1. The molecular weight excluding hydrogens is 188 g/mol. The van der Waals surface area contributed by atoms with Gasteiger partial charge in [0.15, 0.2) is 0 Å². The monoisotopic (exact) mass is 200 g/mol. The van der Waals surface area contributed by atoms with Crippen LogP contribution in [-0.2, 0) is 0 Å². The molecule has 0 aliphatic carbocycles. The largest absolute Gasteiger partial charge is 0.508 e. The first kappa shape index (κ1) is 9.65. The Morgan fingerprint density at radius 2 is 1.93 bits per heavy atom. The second-order valence-corrected chi connectivity index (χ2v) is 3.49. The van der Waals surface area contributed by atoms with Gasteiger partial charge in [-0.2, -0.15) is 0 Å². The number of nitrogens with zero attached hydrogens (tertiary/aromatic N) is 2. The van der Waals surface area contributed by atoms with E-state index in [1.54, 1.807) is 12.3 Å². The van der Waals surface area contributed by atoms with Crippen LogP contribution in [0, 0.1) is 13.8 Å². The number of benzene rings is 1. The summed E-state index contributed by atoms with van der Waals surface area (Å²) in [4.78, 5) is 8.37. The first-order chi connectivity index (χ1) is 7.16. The maximum Gasteiger partial charge on any atom is 0.125 e. The number of phenols is 1. The van der Waals surface area contributed by atoms with Gasteiger partial charge in [-0.25, -0.2) is 9.97 Å². The molecule has 0 saturated heterocycles. The molecule has 0 radical (unpaired) electrons. The van der Waals surface area contributed by atoms with E-state index in [4.69, 9.17) is 0 Å². The van der Waals surface area contributed by atoms with E-state index in [0.717, 1.165) is 22.6 Å². The molecule has 1 aromatic carbocycles. The SMILES string of the molecule is Cc1nccc(-c2ccc(O)c(C)c2)n1. The number of rotatable bonds is 1. The van der Waals surface area contributed by atoms with Gasteiger partial charge in [-0.3, -0.25) is 0 Å². The third-order valence-corrected chi connectivity index (χ3v) is 2.27. The summed E-state index contributed by atoms with van der Waals surface area (Å²) < 4.78 is 0. The van der Waals surface area contributed by atoms with Gasteiger partial charge in [0.1, 0.15) is 11.6 Å². The predicted molar refractivity (Wildman–Crippen MR) is 58.6 cm³/mol. The van der Waals surface area contributed by atoms with E-state index in [1.165, 1.54) is 0 Å². The van der Waals surface area contributed by atoms with Crippen LogP contribution >= 0.6 is 0 Å². The summed E-state index contributed by atoms with van der Waals surface area (Å²) in [5, 5.41) is 9.41. The van der Waals surface area contributed by atoms with Crippen LogP contribution in [0.2, 0.25) is 0 Å². The number of aryl methyl sites for hydroxylation is 2. The average Bonchev–Trinajstić information content (AvgIpc) is 2.22. The minimum absolute atomic E-state index is 0.310. The van der Waals surface area contributed by atoms with Crippen molar-refractivity contribution in [1.82, 2.24) is 9.97 Å². The Morgan fingerprint density at radius 1 is 1.13 bits per heavy atom. The zero-order valence-electron chi connectivity index (χ0n) is 8.73. The van der Waals surface area contributed by atoms with Crippen molar-refractivity contribution in [2.24, 2.45) is 0 Å². The summed E-state index contributed by atoms with van der Waals surface area (Å²) in [6.07, 6.45) is 1.74. The molecule has 0 bridgehead atoms. The lowest BCUT2D eigenvalue weighted by molar-refractivity contribution is 0.471. The minimum Gasteiger partial charge on any atom is -0.508 e. The Labute approximate surface area is 88.5 Å². The lowest BCUT2D eigenvalue weighted by Gasteiger charge is -2.04. The van der Waals surface area contributed by atoms with Gasteiger partial charge in [0, 0.05) is 11.8 Å². The van der Waals surface area contributed by atoms with Crippen LogP contribution in [-0.4, -0.2) is 15.1 Å². The van der Waals surface area contributed by atoms with Crippen LogP contribution in [0.3, 0.4) is 0 Å². The Hall–Kier alpha value is -1.90. The summed E-state index contributed by atoms with van der Waals surface area (Å²) in [5.41, 5.74) is 2.73. The summed E-state index contributed by atoms with van der Waals surface area (Å²) in [6.45, 7) is 3.73. The molecule has 0 aliphatic heterocycles. The summed E-state index contributed by atoms with van der Waals surface area (Å²) in [5.74, 6) is 1.06. The Kier molecular flexibility index (Phi) is 2.37. The van der Waals surface area contributed by atoms with Gasteiger partial charge in [0.25, 0.3) is 0 Å². The molecular formula is C12H12N2O. The smallest absolute Gasteiger partial charge is 0.125 e. The number of hydrogen-bond acceptors (Lipinski definition) is 3. The summed E-state index contributed by atoms with van der Waals surface area (Å²) >= 11 is 0. The highest BCUT2D eigenvalue weighted by Crippen LogP contribution is 2.23. The molecule has 3 heteroatoms. The normalized spacial score (nSPS) is 10.3. The predicted octanol–water partition coefficient (Wildman–Crippen LogP) is 2.47. The maximum absolute atomic E-state index is 9.41. The van der Waals surface area contributed by atoms with Crippen molar-refractivity contribution in [2.45, 2.75) is 13.8 Å². The second-order valence-electron chi connectivity index (χ2n) is 3.49. The maximum atomic E-state index is 9.41. The van der Waals surface area contributed by atoms with Gasteiger partial charge < -0.3 is 5.11 Å². The fourth-order valence-electron chi connectivity index (χ4n) is 1.43. The van der Waals surface area contributed by atoms with E-state index in [2.05, 4.69) is 9.97 Å². The molecule has 2 rings (SSSR count). The number of aromatic hydroxyl groups is 1. The highest BCUT2D eigenvalue weighted by molar-refractivity contribution is 5.61. The van der Waals surface area contributed by atoms with Gasteiger partial charge in [-0.15, -0.1) is 0 Å². The van der Waals surface area contributed by atoms with Crippen LogP contribution in [0.25, 0.3) is 11.3 Å². The first-order valence-corrected chi connectivity index (χ1v) is 4.76. The van der Waals surface area contributed by atoms with Gasteiger partial charge in [0.2, 0.25) is 0 Å². The molecule has 0 saturated carbocycles. The quantitative estimate of drug-likeness (QED) is 0.769. The zero-order chi connectivity index (χ0) is 10.8. The molecule has 1 N–H and O–H groups in total. The van der Waals surface area contributed by atoms with Crippen LogP contribution < -0.4 is 0 Å². The van der Waals surface area contributed by atoms with Gasteiger partial charge in [0.05, 0.1) is 5.69 Å². The fraction of sp³-hybridized carbons (Fsp3) is 0.167. The molecule has 76 valence electrons. The Morgan fingerprint density at radius 3 is 2.60 bits per heavy atom. The molecule has 0 atom stereocenters. The van der Waals surface area contributed by atoms with Gasteiger partial charge in [-0.05, 0) is 43.7 Å². The molecule has 3 nitrogen and oxygen atoms in total. The molecule has 0 spiro atoms. The van der Waals surface area contributed by atoms with Crippen molar-refractivity contribution in [3.05, 3.63) is 41.9 Å². The first-order valence-electron chi connectivity index (χ1n) is 4.76. The second kappa shape index (κ2) is 3.69. The Balaban J connectivity index is 2.50. The van der Waals surface area contributed by atoms with E-state index in [-0.39, 0.29) is 0 Å². The van der Waals surface area contributed by atoms with Gasteiger partial charge >= 0.3 is 0 Å².